The first-order valence-electron chi connectivity index (χ1n) is 5.61. The largest absolute Gasteiger partial charge is 0.347 e. The third-order valence-electron chi connectivity index (χ3n) is 3.13. The first-order valence-corrected chi connectivity index (χ1v) is 6.38. The molecule has 16 heavy (non-hydrogen) atoms. The van der Waals surface area contributed by atoms with Crippen LogP contribution in [0.2, 0.25) is 0 Å². The Bertz CT molecular complexity index is 366. The summed E-state index contributed by atoms with van der Waals surface area (Å²) in [5, 5.41) is 1.02. The monoisotopic (exact) mass is 241 g/mol. The van der Waals surface area contributed by atoms with E-state index in [-0.39, 0.29) is 5.79 Å². The molecule has 2 saturated heterocycles. The Hall–Kier alpha value is -0.720. The fourth-order valence-electron chi connectivity index (χ4n) is 2.24. The van der Waals surface area contributed by atoms with Crippen LogP contribution in [0.25, 0.3) is 0 Å². The van der Waals surface area contributed by atoms with Gasteiger partial charge in [0.05, 0.1) is 13.2 Å². The standard InChI is InChI=1S/C10H15N3O2S/c1-8-11-9(16-12-8)13-4-2-10(3-5-13)14-6-7-15-10/h2-7H2,1H3. The van der Waals surface area contributed by atoms with E-state index in [1.807, 2.05) is 6.92 Å². The van der Waals surface area contributed by atoms with E-state index in [9.17, 15) is 0 Å². The summed E-state index contributed by atoms with van der Waals surface area (Å²) >= 11 is 1.47. The number of ether oxygens (including phenoxy) is 2. The quantitative estimate of drug-likeness (QED) is 0.739. The van der Waals surface area contributed by atoms with Gasteiger partial charge in [0.1, 0.15) is 5.82 Å². The molecule has 1 aromatic rings. The minimum Gasteiger partial charge on any atom is -0.347 e. The summed E-state index contributed by atoms with van der Waals surface area (Å²) in [6.07, 6.45) is 1.84. The van der Waals surface area contributed by atoms with E-state index in [0.29, 0.717) is 0 Å². The minimum absolute atomic E-state index is 0.295. The smallest absolute Gasteiger partial charge is 0.205 e. The second-order valence-corrected chi connectivity index (χ2v) is 4.95. The molecule has 2 aliphatic rings. The Labute approximate surface area is 98.5 Å². The van der Waals surface area contributed by atoms with Gasteiger partial charge in [-0.25, -0.2) is 4.98 Å². The highest BCUT2D eigenvalue weighted by molar-refractivity contribution is 7.09. The molecule has 0 N–H and O–H groups in total. The lowest BCUT2D eigenvalue weighted by atomic mass is 10.0. The van der Waals surface area contributed by atoms with E-state index in [1.165, 1.54) is 11.5 Å². The number of hydrogen-bond donors (Lipinski definition) is 0. The molecule has 0 aromatic carbocycles. The van der Waals surface area contributed by atoms with Crippen LogP contribution in [-0.2, 0) is 9.47 Å². The van der Waals surface area contributed by atoms with Crippen molar-refractivity contribution in [2.24, 2.45) is 0 Å². The van der Waals surface area contributed by atoms with Crippen LogP contribution < -0.4 is 4.90 Å². The van der Waals surface area contributed by atoms with Crippen LogP contribution in [0, 0.1) is 6.92 Å². The Balaban J connectivity index is 1.66. The third kappa shape index (κ3) is 1.81. The van der Waals surface area contributed by atoms with Gasteiger partial charge in [-0.1, -0.05) is 0 Å². The molecule has 0 amide bonds. The molecular weight excluding hydrogens is 226 g/mol. The van der Waals surface area contributed by atoms with Crippen molar-refractivity contribution in [3.8, 4) is 0 Å². The van der Waals surface area contributed by atoms with Gasteiger partial charge >= 0.3 is 0 Å². The molecule has 0 unspecified atom stereocenters. The van der Waals surface area contributed by atoms with Crippen LogP contribution in [0.1, 0.15) is 18.7 Å². The second kappa shape index (κ2) is 3.94. The number of hydrogen-bond acceptors (Lipinski definition) is 6. The molecule has 1 aromatic heterocycles. The molecular formula is C10H15N3O2S. The van der Waals surface area contributed by atoms with Gasteiger partial charge in [0.15, 0.2) is 5.79 Å². The molecule has 0 atom stereocenters. The number of nitrogens with zero attached hydrogens (tertiary/aromatic N) is 3. The number of aromatic nitrogens is 2. The molecule has 0 bridgehead atoms. The molecule has 0 aliphatic carbocycles. The van der Waals surface area contributed by atoms with E-state index in [1.54, 1.807) is 0 Å². The average molecular weight is 241 g/mol. The van der Waals surface area contributed by atoms with Gasteiger partial charge in [-0.2, -0.15) is 4.37 Å². The fourth-order valence-corrected chi connectivity index (χ4v) is 2.96. The molecule has 3 rings (SSSR count). The van der Waals surface area contributed by atoms with Crippen LogP contribution in [0.4, 0.5) is 5.13 Å². The van der Waals surface area contributed by atoms with Crippen LogP contribution in [-0.4, -0.2) is 41.4 Å². The molecule has 1 spiro atoms. The minimum atomic E-state index is -0.295. The predicted molar refractivity (Wildman–Crippen MR) is 60.7 cm³/mol. The van der Waals surface area contributed by atoms with Crippen molar-refractivity contribution in [2.45, 2.75) is 25.6 Å². The van der Waals surface area contributed by atoms with Gasteiger partial charge in [0, 0.05) is 37.5 Å². The summed E-state index contributed by atoms with van der Waals surface area (Å²) in [5.41, 5.74) is 0. The maximum Gasteiger partial charge on any atom is 0.205 e. The average Bonchev–Trinajstić information content (AvgIpc) is 2.90. The maximum atomic E-state index is 5.69. The van der Waals surface area contributed by atoms with Gasteiger partial charge in [-0.3, -0.25) is 0 Å². The van der Waals surface area contributed by atoms with Crippen LogP contribution in [0.15, 0.2) is 0 Å². The van der Waals surface area contributed by atoms with Crippen molar-refractivity contribution in [1.29, 1.82) is 0 Å². The highest BCUT2D eigenvalue weighted by atomic mass is 32.1. The van der Waals surface area contributed by atoms with Crippen molar-refractivity contribution in [2.75, 3.05) is 31.2 Å². The molecule has 5 nitrogen and oxygen atoms in total. The molecule has 2 aliphatic heterocycles. The fraction of sp³-hybridized carbons (Fsp3) is 0.800. The Morgan fingerprint density at radius 2 is 1.94 bits per heavy atom. The lowest BCUT2D eigenvalue weighted by Crippen LogP contribution is -2.45. The Morgan fingerprint density at radius 1 is 1.25 bits per heavy atom. The predicted octanol–water partition coefficient (Wildman–Crippen LogP) is 1.19. The van der Waals surface area contributed by atoms with Gasteiger partial charge in [-0.15, -0.1) is 0 Å². The first kappa shape index (κ1) is 10.4. The van der Waals surface area contributed by atoms with Crippen LogP contribution in [0.3, 0.4) is 0 Å². The van der Waals surface area contributed by atoms with Crippen molar-refractivity contribution in [3.05, 3.63) is 5.82 Å². The zero-order valence-corrected chi connectivity index (χ0v) is 10.1. The summed E-state index contributed by atoms with van der Waals surface area (Å²) in [7, 11) is 0. The molecule has 6 heteroatoms. The number of rotatable bonds is 1. The van der Waals surface area contributed by atoms with E-state index in [4.69, 9.17) is 9.47 Å². The zero-order chi connectivity index (χ0) is 11.0. The lowest BCUT2D eigenvalue weighted by molar-refractivity contribution is -0.169. The topological polar surface area (TPSA) is 47.5 Å². The first-order chi connectivity index (χ1) is 7.77. The van der Waals surface area contributed by atoms with Gasteiger partial charge in [0.2, 0.25) is 5.13 Å². The summed E-state index contributed by atoms with van der Waals surface area (Å²) in [4.78, 5) is 6.67. The number of anilines is 1. The Kier molecular flexibility index (Phi) is 2.57. The third-order valence-corrected chi connectivity index (χ3v) is 3.99. The summed E-state index contributed by atoms with van der Waals surface area (Å²) < 4.78 is 15.6. The van der Waals surface area contributed by atoms with Crippen molar-refractivity contribution >= 4 is 16.7 Å². The molecule has 88 valence electrons. The van der Waals surface area contributed by atoms with Crippen molar-refractivity contribution < 1.29 is 9.47 Å². The molecule has 3 heterocycles. The lowest BCUT2D eigenvalue weighted by Gasteiger charge is -2.37. The molecule has 0 saturated carbocycles. The van der Waals surface area contributed by atoms with Crippen molar-refractivity contribution in [1.82, 2.24) is 9.36 Å². The molecule has 0 radical (unpaired) electrons. The number of aryl methyl sites for hydroxylation is 1. The van der Waals surface area contributed by atoms with E-state index in [2.05, 4.69) is 14.3 Å². The highest BCUT2D eigenvalue weighted by Gasteiger charge is 2.40. The van der Waals surface area contributed by atoms with Crippen LogP contribution >= 0.6 is 11.5 Å². The van der Waals surface area contributed by atoms with Crippen molar-refractivity contribution in [3.63, 3.8) is 0 Å². The Morgan fingerprint density at radius 3 is 2.50 bits per heavy atom. The van der Waals surface area contributed by atoms with Gasteiger partial charge in [0.25, 0.3) is 0 Å². The second-order valence-electron chi connectivity index (χ2n) is 4.22. The highest BCUT2D eigenvalue weighted by Crippen LogP contribution is 2.33. The van der Waals surface area contributed by atoms with Gasteiger partial charge < -0.3 is 14.4 Å². The summed E-state index contributed by atoms with van der Waals surface area (Å²) in [6.45, 7) is 5.27. The summed E-state index contributed by atoms with van der Waals surface area (Å²) in [6, 6.07) is 0. The van der Waals surface area contributed by atoms with E-state index >= 15 is 0 Å². The van der Waals surface area contributed by atoms with E-state index < -0.39 is 0 Å². The number of piperidine rings is 1. The summed E-state index contributed by atoms with van der Waals surface area (Å²) in [5.74, 6) is 0.560. The van der Waals surface area contributed by atoms with Gasteiger partial charge in [-0.05, 0) is 6.92 Å². The zero-order valence-electron chi connectivity index (χ0n) is 9.31. The maximum absolute atomic E-state index is 5.69. The normalized spacial score (nSPS) is 24.2. The SMILES string of the molecule is Cc1nsc(N2CCC3(CC2)OCCO3)n1. The van der Waals surface area contributed by atoms with Crippen LogP contribution in [0.5, 0.6) is 0 Å². The van der Waals surface area contributed by atoms with E-state index in [0.717, 1.165) is 50.1 Å². The molecule has 2 fully saturated rings.